The number of hydrogen-bond donors (Lipinski definition) is 3. The number of carbonyl (C=O) groups is 1. The summed E-state index contributed by atoms with van der Waals surface area (Å²) in [4.78, 5) is 16.4. The first-order chi connectivity index (χ1) is 13.0. The van der Waals surface area contributed by atoms with Crippen LogP contribution in [0, 0.1) is 5.92 Å². The summed E-state index contributed by atoms with van der Waals surface area (Å²) in [6.07, 6.45) is 0.457. The normalized spacial score (nSPS) is 12.4. The number of aliphatic imine (C=N–C) groups is 1. The molecule has 0 saturated carbocycles. The van der Waals surface area contributed by atoms with Gasteiger partial charge >= 0.3 is 6.09 Å². The summed E-state index contributed by atoms with van der Waals surface area (Å²) in [6.45, 7) is 10.2. The molecule has 1 aromatic carbocycles. The summed E-state index contributed by atoms with van der Waals surface area (Å²) in [5.41, 5.74) is 1.01. The second-order valence-corrected chi connectivity index (χ2v) is 6.58. The molecule has 0 saturated heterocycles. The average Bonchev–Trinajstić information content (AvgIpc) is 2.63. The SMILES string of the molecule is CCNC(=NCc1ccccc1OC)NCC(CC(C)C)NC(=O)OCC. The number of para-hydroxylation sites is 1. The molecular weight excluding hydrogens is 344 g/mol. The maximum atomic E-state index is 11.8. The Morgan fingerprint density at radius 2 is 1.93 bits per heavy atom. The molecule has 1 rings (SSSR count). The van der Waals surface area contributed by atoms with Gasteiger partial charge in [0.2, 0.25) is 0 Å². The highest BCUT2D eigenvalue weighted by Crippen LogP contribution is 2.17. The number of benzene rings is 1. The average molecular weight is 379 g/mol. The van der Waals surface area contributed by atoms with Crippen LogP contribution in [-0.4, -0.2) is 44.9 Å². The van der Waals surface area contributed by atoms with Crippen LogP contribution in [0.1, 0.15) is 39.7 Å². The fraction of sp³-hybridized carbons (Fsp3) is 0.600. The minimum atomic E-state index is -0.388. The van der Waals surface area contributed by atoms with Crippen molar-refractivity contribution in [1.29, 1.82) is 0 Å². The number of guanidine groups is 1. The summed E-state index contributed by atoms with van der Waals surface area (Å²) in [6, 6.07) is 7.78. The van der Waals surface area contributed by atoms with Gasteiger partial charge in [-0.3, -0.25) is 0 Å². The lowest BCUT2D eigenvalue weighted by Gasteiger charge is -2.22. The molecule has 0 radical (unpaired) electrons. The molecule has 1 atom stereocenters. The van der Waals surface area contributed by atoms with E-state index in [9.17, 15) is 4.79 Å². The van der Waals surface area contributed by atoms with Gasteiger partial charge in [-0.05, 0) is 32.3 Å². The second kappa shape index (κ2) is 12.8. The van der Waals surface area contributed by atoms with Crippen LogP contribution < -0.4 is 20.7 Å². The summed E-state index contributed by atoms with van der Waals surface area (Å²) in [7, 11) is 1.66. The zero-order valence-electron chi connectivity index (χ0n) is 17.2. The van der Waals surface area contributed by atoms with Crippen molar-refractivity contribution in [3.8, 4) is 5.75 Å². The minimum absolute atomic E-state index is 0.0424. The van der Waals surface area contributed by atoms with Crippen molar-refractivity contribution in [2.24, 2.45) is 10.9 Å². The van der Waals surface area contributed by atoms with Gasteiger partial charge in [0, 0.05) is 24.7 Å². The summed E-state index contributed by atoms with van der Waals surface area (Å²) < 4.78 is 10.4. The number of nitrogens with zero attached hydrogens (tertiary/aromatic N) is 1. The minimum Gasteiger partial charge on any atom is -0.496 e. The number of rotatable bonds is 10. The van der Waals surface area contributed by atoms with E-state index in [0.717, 1.165) is 24.3 Å². The molecule has 3 N–H and O–H groups in total. The quantitative estimate of drug-likeness (QED) is 0.431. The van der Waals surface area contributed by atoms with Gasteiger partial charge in [-0.2, -0.15) is 0 Å². The fourth-order valence-corrected chi connectivity index (χ4v) is 2.66. The predicted octanol–water partition coefficient (Wildman–Crippen LogP) is 2.91. The van der Waals surface area contributed by atoms with Crippen molar-refractivity contribution in [2.45, 2.75) is 46.7 Å². The summed E-state index contributed by atoms with van der Waals surface area (Å²) in [5, 5.41) is 9.45. The molecule has 0 fully saturated rings. The third kappa shape index (κ3) is 9.17. The number of amides is 1. The molecule has 0 aromatic heterocycles. The zero-order chi connectivity index (χ0) is 20.1. The molecule has 7 nitrogen and oxygen atoms in total. The first-order valence-electron chi connectivity index (χ1n) is 9.57. The zero-order valence-corrected chi connectivity index (χ0v) is 17.2. The topological polar surface area (TPSA) is 84.0 Å². The first kappa shape index (κ1) is 22.6. The van der Waals surface area contributed by atoms with Crippen LogP contribution in [0.2, 0.25) is 0 Å². The monoisotopic (exact) mass is 378 g/mol. The molecule has 0 spiro atoms. The summed E-state index contributed by atoms with van der Waals surface area (Å²) in [5.74, 6) is 1.97. The largest absolute Gasteiger partial charge is 0.496 e. The number of methoxy groups -OCH3 is 1. The lowest BCUT2D eigenvalue weighted by Crippen LogP contribution is -2.47. The number of alkyl carbamates (subject to hydrolysis) is 1. The van der Waals surface area contributed by atoms with Crippen molar-refractivity contribution in [1.82, 2.24) is 16.0 Å². The molecule has 1 unspecified atom stereocenters. The van der Waals surface area contributed by atoms with Crippen LogP contribution in [0.5, 0.6) is 5.75 Å². The lowest BCUT2D eigenvalue weighted by molar-refractivity contribution is 0.146. The Labute approximate surface area is 162 Å². The highest BCUT2D eigenvalue weighted by atomic mass is 16.5. The van der Waals surface area contributed by atoms with Gasteiger partial charge < -0.3 is 25.4 Å². The molecule has 152 valence electrons. The van der Waals surface area contributed by atoms with Crippen molar-refractivity contribution < 1.29 is 14.3 Å². The van der Waals surface area contributed by atoms with E-state index in [4.69, 9.17) is 9.47 Å². The highest BCUT2D eigenvalue weighted by molar-refractivity contribution is 5.80. The van der Waals surface area contributed by atoms with Crippen molar-refractivity contribution in [3.05, 3.63) is 29.8 Å². The van der Waals surface area contributed by atoms with Gasteiger partial charge in [-0.25, -0.2) is 9.79 Å². The highest BCUT2D eigenvalue weighted by Gasteiger charge is 2.15. The van der Waals surface area contributed by atoms with E-state index in [1.54, 1.807) is 14.0 Å². The standard InChI is InChI=1S/C20H34N4O3/c1-6-21-19(22-13-16-10-8-9-11-18(16)26-5)23-14-17(12-15(3)4)24-20(25)27-7-2/h8-11,15,17H,6-7,12-14H2,1-5H3,(H,24,25)(H2,21,22,23). The van der Waals surface area contributed by atoms with E-state index < -0.39 is 0 Å². The van der Waals surface area contributed by atoms with Gasteiger partial charge in [0.1, 0.15) is 5.75 Å². The molecule has 7 heteroatoms. The summed E-state index contributed by atoms with van der Waals surface area (Å²) >= 11 is 0. The third-order valence-corrected chi connectivity index (χ3v) is 3.81. The van der Waals surface area contributed by atoms with E-state index in [1.807, 2.05) is 31.2 Å². The fourth-order valence-electron chi connectivity index (χ4n) is 2.66. The molecule has 0 heterocycles. The molecule has 27 heavy (non-hydrogen) atoms. The number of nitrogens with one attached hydrogen (secondary N) is 3. The third-order valence-electron chi connectivity index (χ3n) is 3.81. The van der Waals surface area contributed by atoms with Crippen LogP contribution in [0.3, 0.4) is 0 Å². The molecule has 0 bridgehead atoms. The van der Waals surface area contributed by atoms with Crippen LogP contribution >= 0.6 is 0 Å². The number of ether oxygens (including phenoxy) is 2. The Bertz CT molecular complexity index is 590. The number of hydrogen-bond acceptors (Lipinski definition) is 4. The Balaban J connectivity index is 2.73. The Morgan fingerprint density at radius 1 is 1.19 bits per heavy atom. The van der Waals surface area contributed by atoms with Crippen molar-refractivity contribution >= 4 is 12.1 Å². The maximum absolute atomic E-state index is 11.8. The maximum Gasteiger partial charge on any atom is 0.407 e. The van der Waals surface area contributed by atoms with E-state index in [2.05, 4.69) is 34.8 Å². The van der Waals surface area contributed by atoms with E-state index in [-0.39, 0.29) is 12.1 Å². The number of carbonyl (C=O) groups excluding carboxylic acids is 1. The second-order valence-electron chi connectivity index (χ2n) is 6.58. The van der Waals surface area contributed by atoms with Gasteiger partial charge in [0.25, 0.3) is 0 Å². The van der Waals surface area contributed by atoms with Crippen LogP contribution in [0.25, 0.3) is 0 Å². The van der Waals surface area contributed by atoms with Gasteiger partial charge in [-0.15, -0.1) is 0 Å². The smallest absolute Gasteiger partial charge is 0.407 e. The first-order valence-corrected chi connectivity index (χ1v) is 9.57. The van der Waals surface area contributed by atoms with E-state index in [1.165, 1.54) is 0 Å². The van der Waals surface area contributed by atoms with Crippen LogP contribution in [0.4, 0.5) is 4.79 Å². The molecular formula is C20H34N4O3. The van der Waals surface area contributed by atoms with Crippen LogP contribution in [0.15, 0.2) is 29.3 Å². The van der Waals surface area contributed by atoms with E-state index in [0.29, 0.717) is 31.6 Å². The van der Waals surface area contributed by atoms with Gasteiger partial charge in [0.15, 0.2) is 5.96 Å². The van der Waals surface area contributed by atoms with Crippen molar-refractivity contribution in [3.63, 3.8) is 0 Å². The Morgan fingerprint density at radius 3 is 2.56 bits per heavy atom. The molecule has 0 aliphatic carbocycles. The molecule has 1 aromatic rings. The van der Waals surface area contributed by atoms with Gasteiger partial charge in [0.05, 0.1) is 20.3 Å². The van der Waals surface area contributed by atoms with Gasteiger partial charge in [-0.1, -0.05) is 32.0 Å². The molecule has 0 aliphatic heterocycles. The Hall–Kier alpha value is -2.44. The Kier molecular flexibility index (Phi) is 10.7. The van der Waals surface area contributed by atoms with Crippen molar-refractivity contribution in [2.75, 3.05) is 26.8 Å². The molecule has 0 aliphatic rings. The molecule has 1 amide bonds. The predicted molar refractivity (Wildman–Crippen MR) is 109 cm³/mol. The van der Waals surface area contributed by atoms with Crippen LogP contribution in [-0.2, 0) is 11.3 Å². The lowest BCUT2D eigenvalue weighted by atomic mass is 10.0. The van der Waals surface area contributed by atoms with E-state index >= 15 is 0 Å².